The highest BCUT2D eigenvalue weighted by atomic mass is 15.0. The third-order valence-corrected chi connectivity index (χ3v) is 11.9. The molecule has 1 aromatic heterocycles. The summed E-state index contributed by atoms with van der Waals surface area (Å²) in [7, 11) is 0. The van der Waals surface area contributed by atoms with E-state index in [0.29, 0.717) is 23.7 Å². The monoisotopic (exact) mass is 633 g/mol. The fourth-order valence-electron chi connectivity index (χ4n) is 9.32. The fraction of sp³-hybridized carbons (Fsp3) is 0.208. The summed E-state index contributed by atoms with van der Waals surface area (Å²) in [6, 6.07) is 47.0. The predicted octanol–water partition coefficient (Wildman–Crippen LogP) is 12.6. The molecular formula is C48H43N. The Kier molecular flexibility index (Phi) is 7.38. The average Bonchev–Trinajstić information content (AvgIpc) is 3.61. The van der Waals surface area contributed by atoms with Crippen molar-refractivity contribution in [2.24, 2.45) is 23.2 Å². The van der Waals surface area contributed by atoms with Gasteiger partial charge in [-0.05, 0) is 89.1 Å². The molecule has 49 heavy (non-hydrogen) atoms. The summed E-state index contributed by atoms with van der Waals surface area (Å²) in [5.41, 5.74) is 12.5. The first-order chi connectivity index (χ1) is 24.1. The maximum Gasteiger partial charge on any atom is 0.0541 e. The summed E-state index contributed by atoms with van der Waals surface area (Å²) in [6.07, 6.45) is 17.8. The van der Waals surface area contributed by atoms with Crippen molar-refractivity contribution >= 4 is 21.8 Å². The van der Waals surface area contributed by atoms with Gasteiger partial charge in [0.2, 0.25) is 0 Å². The Labute approximate surface area is 290 Å². The second kappa shape index (κ2) is 12.1. The standard InChI is InChI=1S/C48H43N/c1-48(2)44-19-11-9-17-40(44)41-29-22-33(31-45(41)48)21-28-39(35-13-5-3-6-14-35)36-25-23-34(24-26-36)37-27-30-47-43(32-37)42-18-10-12-20-46(42)49(47)38-15-7-4-8-16-38/h3-20,22-27,29-30,32,39-40,44-45H,21,28,31H2,1-2H3. The molecular weight excluding hydrogens is 591 g/mol. The molecule has 240 valence electrons. The number of hydrogen-bond donors (Lipinski definition) is 0. The third kappa shape index (κ3) is 5.15. The molecule has 1 saturated carbocycles. The third-order valence-electron chi connectivity index (χ3n) is 11.9. The van der Waals surface area contributed by atoms with Crippen LogP contribution in [0.3, 0.4) is 0 Å². The summed E-state index contributed by atoms with van der Waals surface area (Å²) in [4.78, 5) is 0. The van der Waals surface area contributed by atoms with Gasteiger partial charge < -0.3 is 4.57 Å². The minimum Gasteiger partial charge on any atom is -0.309 e. The Morgan fingerprint density at radius 2 is 1.33 bits per heavy atom. The maximum atomic E-state index is 2.50. The predicted molar refractivity (Wildman–Crippen MR) is 207 cm³/mol. The normalized spacial score (nSPS) is 21.3. The Balaban J connectivity index is 1.00. The van der Waals surface area contributed by atoms with Crippen molar-refractivity contribution in [3.8, 4) is 16.8 Å². The Morgan fingerprint density at radius 3 is 2.14 bits per heavy atom. The zero-order chi connectivity index (χ0) is 33.0. The molecule has 1 nitrogen and oxygen atoms in total. The molecule has 9 rings (SSSR count). The van der Waals surface area contributed by atoms with Crippen molar-refractivity contribution in [3.63, 3.8) is 0 Å². The van der Waals surface area contributed by atoms with Crippen LogP contribution in [0.1, 0.15) is 50.2 Å². The smallest absolute Gasteiger partial charge is 0.0541 e. The number of hydrogen-bond acceptors (Lipinski definition) is 0. The molecule has 3 aliphatic rings. The van der Waals surface area contributed by atoms with Gasteiger partial charge in [0.05, 0.1) is 11.0 Å². The number of fused-ring (bicyclic) bond motifs is 6. The maximum absolute atomic E-state index is 2.50. The lowest BCUT2D eigenvalue weighted by Gasteiger charge is -2.34. The SMILES string of the molecule is CC1(C)C2CC(CCC(c3ccccc3)c3ccc(-c4ccc5c(c4)c4ccccc4n5-c4ccccc4)cc3)=CC=C2C2C=CC=CC21. The second-order valence-corrected chi connectivity index (χ2v) is 14.9. The van der Waals surface area contributed by atoms with Crippen molar-refractivity contribution < 1.29 is 0 Å². The van der Waals surface area contributed by atoms with Crippen LogP contribution in [-0.4, -0.2) is 4.57 Å². The molecule has 1 fully saturated rings. The van der Waals surface area contributed by atoms with E-state index in [1.807, 2.05) is 0 Å². The molecule has 0 amide bonds. The lowest BCUT2D eigenvalue weighted by molar-refractivity contribution is 0.215. The average molecular weight is 634 g/mol. The van der Waals surface area contributed by atoms with Crippen LogP contribution >= 0.6 is 0 Å². The van der Waals surface area contributed by atoms with Crippen molar-refractivity contribution in [1.29, 1.82) is 0 Å². The summed E-state index contributed by atoms with van der Waals surface area (Å²) in [6.45, 7) is 4.99. The van der Waals surface area contributed by atoms with Crippen LogP contribution in [0.15, 0.2) is 175 Å². The highest BCUT2D eigenvalue weighted by Crippen LogP contribution is 2.59. The molecule has 4 atom stereocenters. The molecule has 4 unspecified atom stereocenters. The molecule has 3 aliphatic carbocycles. The summed E-state index contributed by atoms with van der Waals surface area (Å²) in [5, 5.41) is 2.58. The van der Waals surface area contributed by atoms with Crippen LogP contribution in [0.5, 0.6) is 0 Å². The van der Waals surface area contributed by atoms with Gasteiger partial charge in [0.15, 0.2) is 0 Å². The van der Waals surface area contributed by atoms with E-state index < -0.39 is 0 Å². The molecule has 5 aromatic carbocycles. The summed E-state index contributed by atoms with van der Waals surface area (Å²) >= 11 is 0. The van der Waals surface area contributed by atoms with Crippen LogP contribution in [0.2, 0.25) is 0 Å². The zero-order valence-electron chi connectivity index (χ0n) is 28.5. The quantitative estimate of drug-likeness (QED) is 0.165. The molecule has 0 saturated heterocycles. The Morgan fingerprint density at radius 1 is 0.653 bits per heavy atom. The van der Waals surface area contributed by atoms with Gasteiger partial charge in [0, 0.05) is 28.3 Å². The van der Waals surface area contributed by atoms with Gasteiger partial charge in [-0.3, -0.25) is 0 Å². The van der Waals surface area contributed by atoms with Crippen molar-refractivity contribution in [2.45, 2.75) is 39.0 Å². The van der Waals surface area contributed by atoms with Crippen LogP contribution in [0.4, 0.5) is 0 Å². The fourth-order valence-corrected chi connectivity index (χ4v) is 9.32. The number of para-hydroxylation sites is 2. The van der Waals surface area contributed by atoms with E-state index in [-0.39, 0.29) is 5.41 Å². The molecule has 0 radical (unpaired) electrons. The van der Waals surface area contributed by atoms with Gasteiger partial charge in [-0.1, -0.05) is 159 Å². The Bertz CT molecular complexity index is 2270. The zero-order valence-corrected chi connectivity index (χ0v) is 28.5. The molecule has 0 spiro atoms. The first-order valence-electron chi connectivity index (χ1n) is 18.0. The van der Waals surface area contributed by atoms with Crippen molar-refractivity contribution in [2.75, 3.05) is 0 Å². The molecule has 0 N–H and O–H groups in total. The minimum absolute atomic E-state index is 0.283. The lowest BCUT2D eigenvalue weighted by Crippen LogP contribution is -2.26. The number of benzene rings is 5. The number of nitrogens with zero attached hydrogens (tertiary/aromatic N) is 1. The molecule has 6 aromatic rings. The molecule has 0 aliphatic heterocycles. The first kappa shape index (κ1) is 30.0. The molecule has 1 heterocycles. The van der Waals surface area contributed by atoms with Crippen LogP contribution in [0.25, 0.3) is 38.6 Å². The lowest BCUT2D eigenvalue weighted by atomic mass is 9.70. The van der Waals surface area contributed by atoms with E-state index in [2.05, 4.69) is 182 Å². The van der Waals surface area contributed by atoms with E-state index in [4.69, 9.17) is 0 Å². The minimum atomic E-state index is 0.283. The first-order valence-corrected chi connectivity index (χ1v) is 18.0. The second-order valence-electron chi connectivity index (χ2n) is 14.9. The number of allylic oxidation sites excluding steroid dienone is 8. The topological polar surface area (TPSA) is 4.93 Å². The molecule has 0 bridgehead atoms. The Hall–Kier alpha value is -5.14. The van der Waals surface area contributed by atoms with Crippen LogP contribution in [0, 0.1) is 23.2 Å². The van der Waals surface area contributed by atoms with Crippen molar-refractivity contribution in [3.05, 3.63) is 186 Å². The van der Waals surface area contributed by atoms with Crippen LogP contribution in [-0.2, 0) is 0 Å². The van der Waals surface area contributed by atoms with Gasteiger partial charge >= 0.3 is 0 Å². The van der Waals surface area contributed by atoms with E-state index in [1.54, 1.807) is 11.1 Å². The van der Waals surface area contributed by atoms with Gasteiger partial charge in [0.25, 0.3) is 0 Å². The number of aromatic nitrogens is 1. The van der Waals surface area contributed by atoms with Gasteiger partial charge in [-0.25, -0.2) is 0 Å². The van der Waals surface area contributed by atoms with E-state index in [0.717, 1.165) is 12.8 Å². The summed E-state index contributed by atoms with van der Waals surface area (Å²) in [5.74, 6) is 2.17. The van der Waals surface area contributed by atoms with Crippen LogP contribution < -0.4 is 0 Å². The van der Waals surface area contributed by atoms with Gasteiger partial charge in [-0.2, -0.15) is 0 Å². The van der Waals surface area contributed by atoms with Gasteiger partial charge in [0.1, 0.15) is 0 Å². The van der Waals surface area contributed by atoms with E-state index >= 15 is 0 Å². The largest absolute Gasteiger partial charge is 0.309 e. The molecule has 1 heteroatoms. The van der Waals surface area contributed by atoms with E-state index in [1.165, 1.54) is 56.2 Å². The van der Waals surface area contributed by atoms with Crippen molar-refractivity contribution in [1.82, 2.24) is 4.57 Å². The van der Waals surface area contributed by atoms with Gasteiger partial charge in [-0.15, -0.1) is 0 Å². The number of rotatable bonds is 7. The summed E-state index contributed by atoms with van der Waals surface area (Å²) < 4.78 is 2.38. The highest BCUT2D eigenvalue weighted by molar-refractivity contribution is 6.10. The highest BCUT2D eigenvalue weighted by Gasteiger charge is 2.50. The van der Waals surface area contributed by atoms with E-state index in [9.17, 15) is 0 Å².